The van der Waals surface area contributed by atoms with Crippen molar-refractivity contribution in [2.45, 2.75) is 0 Å². The van der Waals surface area contributed by atoms with E-state index >= 15 is 0 Å². The Balaban J connectivity index is 1.79. The van der Waals surface area contributed by atoms with Crippen LogP contribution in [0.2, 0.25) is 10.0 Å². The van der Waals surface area contributed by atoms with Gasteiger partial charge < -0.3 is 5.32 Å². The minimum atomic E-state index is -0.253. The molecule has 5 nitrogen and oxygen atoms in total. The van der Waals surface area contributed by atoms with E-state index in [1.165, 1.54) is 0 Å². The number of pyridine rings is 1. The molecule has 0 saturated carbocycles. The van der Waals surface area contributed by atoms with Crippen LogP contribution in [0.4, 0.5) is 5.69 Å². The molecule has 0 bridgehead atoms. The second kappa shape index (κ2) is 7.02. The Kier molecular flexibility index (Phi) is 4.56. The zero-order valence-electron chi connectivity index (χ0n) is 14.3. The van der Waals surface area contributed by atoms with Crippen LogP contribution < -0.4 is 5.32 Å². The number of fused-ring (bicyclic) bond motifs is 1. The van der Waals surface area contributed by atoms with Crippen LogP contribution in [0.25, 0.3) is 22.2 Å². The average Bonchev–Trinajstić information content (AvgIpc) is 3.10. The van der Waals surface area contributed by atoms with Crippen molar-refractivity contribution < 1.29 is 4.79 Å². The van der Waals surface area contributed by atoms with Crippen molar-refractivity contribution in [2.75, 3.05) is 5.32 Å². The summed E-state index contributed by atoms with van der Waals surface area (Å²) in [5.41, 5.74) is 3.34. The van der Waals surface area contributed by atoms with E-state index in [0.717, 1.165) is 16.5 Å². The Hall–Kier alpha value is -2.89. The summed E-state index contributed by atoms with van der Waals surface area (Å²) in [4.78, 5) is 17.6. The highest BCUT2D eigenvalue weighted by Gasteiger charge is 2.15. The summed E-state index contributed by atoms with van der Waals surface area (Å²) < 4.78 is 1.70. The number of rotatable bonds is 3. The number of benzene rings is 2. The van der Waals surface area contributed by atoms with Gasteiger partial charge in [0.2, 0.25) is 0 Å². The van der Waals surface area contributed by atoms with Gasteiger partial charge in [-0.15, -0.1) is 0 Å². The molecule has 0 fully saturated rings. The lowest BCUT2D eigenvalue weighted by Crippen LogP contribution is -2.13. The number of hydrogen-bond donors (Lipinski definition) is 1. The van der Waals surface area contributed by atoms with Gasteiger partial charge in [-0.05, 0) is 30.3 Å². The van der Waals surface area contributed by atoms with Gasteiger partial charge in [-0.25, -0.2) is 4.98 Å². The van der Waals surface area contributed by atoms with E-state index < -0.39 is 0 Å². The fourth-order valence-corrected chi connectivity index (χ4v) is 3.14. The van der Waals surface area contributed by atoms with Gasteiger partial charge in [0.1, 0.15) is 0 Å². The predicted molar refractivity (Wildman–Crippen MR) is 108 cm³/mol. The maximum Gasteiger partial charge on any atom is 0.256 e. The third-order valence-electron chi connectivity index (χ3n) is 4.14. The summed E-state index contributed by atoms with van der Waals surface area (Å²) in [7, 11) is 1.84. The number of carbonyl (C=O) groups is 1. The molecule has 7 heteroatoms. The lowest BCUT2D eigenvalue weighted by atomic mass is 10.0. The summed E-state index contributed by atoms with van der Waals surface area (Å²) in [6.45, 7) is 0. The number of nitrogens with zero attached hydrogens (tertiary/aromatic N) is 3. The Morgan fingerprint density at radius 2 is 1.89 bits per heavy atom. The third kappa shape index (κ3) is 3.52. The van der Waals surface area contributed by atoms with Crippen LogP contribution in [-0.4, -0.2) is 20.7 Å². The normalized spacial score (nSPS) is 10.9. The molecule has 0 aliphatic carbocycles. The van der Waals surface area contributed by atoms with E-state index in [1.807, 2.05) is 37.5 Å². The first kappa shape index (κ1) is 17.5. The summed E-state index contributed by atoms with van der Waals surface area (Å²) >= 11 is 12.0. The Morgan fingerprint density at radius 1 is 1.07 bits per heavy atom. The number of anilines is 1. The van der Waals surface area contributed by atoms with Gasteiger partial charge in [0.25, 0.3) is 5.91 Å². The van der Waals surface area contributed by atoms with Gasteiger partial charge in [-0.1, -0.05) is 41.4 Å². The van der Waals surface area contributed by atoms with E-state index in [-0.39, 0.29) is 5.91 Å². The van der Waals surface area contributed by atoms with E-state index in [9.17, 15) is 4.79 Å². The molecule has 0 spiro atoms. The molecule has 1 amide bonds. The summed E-state index contributed by atoms with van der Waals surface area (Å²) in [5.74, 6) is -0.253. The molecule has 2 aromatic heterocycles. The van der Waals surface area contributed by atoms with Crippen molar-refractivity contribution in [2.24, 2.45) is 7.05 Å². The van der Waals surface area contributed by atoms with Crippen LogP contribution in [0, 0.1) is 0 Å². The van der Waals surface area contributed by atoms with Crippen LogP contribution >= 0.6 is 23.2 Å². The van der Waals surface area contributed by atoms with Crippen LogP contribution in [-0.2, 0) is 7.05 Å². The largest absolute Gasteiger partial charge is 0.322 e. The SMILES string of the molecule is Cn1cc(-c2cc(C(=O)Nc3ccc(Cl)c(Cl)c3)c3ccccc3n2)cn1. The maximum absolute atomic E-state index is 13.0. The smallest absolute Gasteiger partial charge is 0.256 e. The van der Waals surface area contributed by atoms with Gasteiger partial charge in [-0.3, -0.25) is 9.48 Å². The maximum atomic E-state index is 13.0. The number of nitrogens with one attached hydrogen (secondary N) is 1. The predicted octanol–water partition coefficient (Wildman–Crippen LogP) is 5.19. The summed E-state index contributed by atoms with van der Waals surface area (Å²) in [6.07, 6.45) is 3.58. The monoisotopic (exact) mass is 396 g/mol. The molecule has 27 heavy (non-hydrogen) atoms. The van der Waals surface area contributed by atoms with E-state index in [0.29, 0.717) is 27.0 Å². The van der Waals surface area contributed by atoms with Crippen molar-refractivity contribution >= 4 is 45.7 Å². The molecule has 0 saturated heterocycles. The number of aryl methyl sites for hydroxylation is 1. The zero-order valence-corrected chi connectivity index (χ0v) is 15.8. The molecule has 0 aliphatic heterocycles. The molecule has 4 aromatic rings. The highest BCUT2D eigenvalue weighted by Crippen LogP contribution is 2.27. The lowest BCUT2D eigenvalue weighted by Gasteiger charge is -2.10. The second-order valence-electron chi connectivity index (χ2n) is 6.06. The van der Waals surface area contributed by atoms with Gasteiger partial charge in [0.05, 0.1) is 33.0 Å². The average molecular weight is 397 g/mol. The summed E-state index contributed by atoms with van der Waals surface area (Å²) in [6, 6.07) is 14.3. The van der Waals surface area contributed by atoms with Crippen LogP contribution in [0.3, 0.4) is 0 Å². The van der Waals surface area contributed by atoms with Crippen molar-refractivity contribution in [3.8, 4) is 11.3 Å². The molecular formula is C20H14Cl2N4O. The quantitative estimate of drug-likeness (QED) is 0.517. The number of aromatic nitrogens is 3. The number of carbonyl (C=O) groups excluding carboxylic acids is 1. The Morgan fingerprint density at radius 3 is 2.63 bits per heavy atom. The first-order chi connectivity index (χ1) is 13.0. The molecule has 2 heterocycles. The molecule has 2 aromatic carbocycles. The number of hydrogen-bond acceptors (Lipinski definition) is 3. The van der Waals surface area contributed by atoms with E-state index in [4.69, 9.17) is 23.2 Å². The Bertz CT molecular complexity index is 1170. The highest BCUT2D eigenvalue weighted by molar-refractivity contribution is 6.42. The second-order valence-corrected chi connectivity index (χ2v) is 6.87. The van der Waals surface area contributed by atoms with Crippen molar-refractivity contribution in [3.05, 3.63) is 76.5 Å². The zero-order chi connectivity index (χ0) is 19.0. The molecule has 1 N–H and O–H groups in total. The molecular weight excluding hydrogens is 383 g/mol. The minimum Gasteiger partial charge on any atom is -0.322 e. The molecule has 4 rings (SSSR count). The highest BCUT2D eigenvalue weighted by atomic mass is 35.5. The van der Waals surface area contributed by atoms with Gasteiger partial charge in [0, 0.05) is 29.9 Å². The fourth-order valence-electron chi connectivity index (χ4n) is 2.84. The van der Waals surface area contributed by atoms with Gasteiger partial charge >= 0.3 is 0 Å². The molecule has 0 unspecified atom stereocenters. The lowest BCUT2D eigenvalue weighted by molar-refractivity contribution is 0.102. The van der Waals surface area contributed by atoms with E-state index in [1.54, 1.807) is 35.1 Å². The van der Waals surface area contributed by atoms with Gasteiger partial charge in [-0.2, -0.15) is 5.10 Å². The minimum absolute atomic E-state index is 0.253. The molecule has 134 valence electrons. The Labute approximate surface area is 165 Å². The van der Waals surface area contributed by atoms with Crippen LogP contribution in [0.15, 0.2) is 60.9 Å². The first-order valence-electron chi connectivity index (χ1n) is 8.16. The van der Waals surface area contributed by atoms with Crippen molar-refractivity contribution in [3.63, 3.8) is 0 Å². The summed E-state index contributed by atoms with van der Waals surface area (Å²) in [5, 5.41) is 8.63. The van der Waals surface area contributed by atoms with E-state index in [2.05, 4.69) is 15.4 Å². The van der Waals surface area contributed by atoms with Crippen LogP contribution in [0.5, 0.6) is 0 Å². The first-order valence-corrected chi connectivity index (χ1v) is 8.92. The molecule has 0 atom stereocenters. The van der Waals surface area contributed by atoms with Crippen LogP contribution in [0.1, 0.15) is 10.4 Å². The molecule has 0 radical (unpaired) electrons. The molecule has 0 aliphatic rings. The standard InChI is InChI=1S/C20H14Cl2N4O/c1-26-11-12(10-23-26)19-9-15(14-4-2-3-5-18(14)25-19)20(27)24-13-6-7-16(21)17(22)8-13/h2-11H,1H3,(H,24,27). The topological polar surface area (TPSA) is 59.8 Å². The van der Waals surface area contributed by atoms with Crippen molar-refractivity contribution in [1.29, 1.82) is 0 Å². The number of para-hydroxylation sites is 1. The fraction of sp³-hybridized carbons (Fsp3) is 0.0500. The number of amides is 1. The third-order valence-corrected chi connectivity index (χ3v) is 4.88. The number of halogens is 2. The van der Waals surface area contributed by atoms with Gasteiger partial charge in [0.15, 0.2) is 0 Å². The van der Waals surface area contributed by atoms with Crippen molar-refractivity contribution in [1.82, 2.24) is 14.8 Å².